The number of carbonyl (C=O) groups is 1. The number of imidazole rings is 1. The predicted molar refractivity (Wildman–Crippen MR) is 126 cm³/mol. The average Bonchev–Trinajstić information content (AvgIpc) is 3.23. The molecule has 5 rings (SSSR count). The minimum absolute atomic E-state index is 0.0377. The largest absolute Gasteiger partial charge is 0.349 e. The molecule has 160 valence electrons. The van der Waals surface area contributed by atoms with Gasteiger partial charge >= 0.3 is 0 Å². The first-order chi connectivity index (χ1) is 15.3. The summed E-state index contributed by atoms with van der Waals surface area (Å²) in [7, 11) is 0. The van der Waals surface area contributed by atoms with E-state index in [1.807, 2.05) is 30.5 Å². The number of unbranched alkanes of at least 4 members (excludes halogenated alkanes) is 1. The van der Waals surface area contributed by atoms with E-state index in [4.69, 9.17) is 0 Å². The fourth-order valence-electron chi connectivity index (χ4n) is 4.47. The van der Waals surface area contributed by atoms with Crippen molar-refractivity contribution in [2.45, 2.75) is 43.2 Å². The SMILES string of the molecule is O=C(NC1CCN(CCCCc2ccccc2)CC1)C1=Cc2cnc3cccc(n23)S1. The van der Waals surface area contributed by atoms with Crippen molar-refractivity contribution in [2.75, 3.05) is 19.6 Å². The van der Waals surface area contributed by atoms with Gasteiger partial charge in [0.2, 0.25) is 0 Å². The van der Waals surface area contributed by atoms with Crippen LogP contribution < -0.4 is 5.32 Å². The second-order valence-electron chi connectivity index (χ2n) is 8.38. The van der Waals surface area contributed by atoms with Gasteiger partial charge in [-0.2, -0.15) is 0 Å². The molecular weight excluding hydrogens is 404 g/mol. The summed E-state index contributed by atoms with van der Waals surface area (Å²) in [6.45, 7) is 3.28. The Hall–Kier alpha value is -2.57. The molecule has 0 atom stereocenters. The standard InChI is InChI=1S/C25H28N4OS/c30-25(22-17-21-18-26-23-10-6-11-24(31-22)29(21)23)27-20-12-15-28(16-13-20)14-5-4-9-19-7-2-1-3-8-19/h1-3,6-8,10-11,17-18,20H,4-5,9,12-16H2,(H,27,30). The number of aryl methyl sites for hydroxylation is 1. The van der Waals surface area contributed by atoms with Gasteiger partial charge in [0, 0.05) is 19.1 Å². The van der Waals surface area contributed by atoms with Crippen molar-refractivity contribution in [1.29, 1.82) is 0 Å². The van der Waals surface area contributed by atoms with E-state index in [1.54, 1.807) is 0 Å². The van der Waals surface area contributed by atoms with Crippen molar-refractivity contribution in [3.63, 3.8) is 0 Å². The molecule has 0 spiro atoms. The quantitative estimate of drug-likeness (QED) is 0.563. The van der Waals surface area contributed by atoms with E-state index < -0.39 is 0 Å². The molecule has 1 N–H and O–H groups in total. The van der Waals surface area contributed by atoms with Gasteiger partial charge in [0.25, 0.3) is 5.91 Å². The number of amides is 1. The van der Waals surface area contributed by atoms with Crippen molar-refractivity contribution < 1.29 is 4.79 Å². The molecule has 2 aromatic heterocycles. The molecule has 1 amide bonds. The fraction of sp³-hybridized carbons (Fsp3) is 0.360. The highest BCUT2D eigenvalue weighted by molar-refractivity contribution is 8.04. The molecule has 5 nitrogen and oxygen atoms in total. The van der Waals surface area contributed by atoms with Gasteiger partial charge in [-0.3, -0.25) is 9.20 Å². The van der Waals surface area contributed by atoms with E-state index in [0.29, 0.717) is 0 Å². The van der Waals surface area contributed by atoms with Crippen molar-refractivity contribution in [2.24, 2.45) is 0 Å². The number of thioether (sulfide) groups is 1. The Labute approximate surface area is 187 Å². The summed E-state index contributed by atoms with van der Waals surface area (Å²) >= 11 is 1.52. The van der Waals surface area contributed by atoms with Gasteiger partial charge in [0.15, 0.2) is 0 Å². The topological polar surface area (TPSA) is 49.6 Å². The van der Waals surface area contributed by atoms with Crippen LogP contribution in [-0.2, 0) is 11.2 Å². The van der Waals surface area contributed by atoms with Crippen molar-refractivity contribution >= 4 is 29.4 Å². The lowest BCUT2D eigenvalue weighted by Crippen LogP contribution is -2.45. The Morgan fingerprint density at radius 1 is 1.06 bits per heavy atom. The minimum Gasteiger partial charge on any atom is -0.349 e. The Morgan fingerprint density at radius 2 is 1.90 bits per heavy atom. The van der Waals surface area contributed by atoms with Crippen LogP contribution >= 0.6 is 11.8 Å². The number of nitrogens with one attached hydrogen (secondary N) is 1. The van der Waals surface area contributed by atoms with E-state index >= 15 is 0 Å². The zero-order valence-electron chi connectivity index (χ0n) is 17.7. The first kappa shape index (κ1) is 20.3. The molecule has 31 heavy (non-hydrogen) atoms. The number of benzene rings is 1. The van der Waals surface area contributed by atoms with Crippen LogP contribution in [-0.4, -0.2) is 45.9 Å². The molecule has 1 aromatic carbocycles. The Morgan fingerprint density at radius 3 is 2.74 bits per heavy atom. The molecule has 2 aliphatic heterocycles. The number of carbonyl (C=O) groups excluding carboxylic acids is 1. The summed E-state index contributed by atoms with van der Waals surface area (Å²) in [5, 5.41) is 4.31. The maximum absolute atomic E-state index is 12.9. The number of hydrogen-bond acceptors (Lipinski definition) is 4. The van der Waals surface area contributed by atoms with Crippen molar-refractivity contribution in [3.05, 3.63) is 70.9 Å². The molecule has 6 heteroatoms. The number of piperidine rings is 1. The second kappa shape index (κ2) is 9.28. The highest BCUT2D eigenvalue weighted by Crippen LogP contribution is 2.34. The Kier molecular flexibility index (Phi) is 6.09. The Bertz CT molecular complexity index is 1080. The van der Waals surface area contributed by atoms with E-state index in [0.717, 1.165) is 60.2 Å². The number of nitrogens with zero attached hydrogens (tertiary/aromatic N) is 3. The highest BCUT2D eigenvalue weighted by atomic mass is 32.2. The smallest absolute Gasteiger partial charge is 0.258 e. The third-order valence-corrected chi connectivity index (χ3v) is 7.24. The maximum atomic E-state index is 12.9. The summed E-state index contributed by atoms with van der Waals surface area (Å²) in [4.78, 5) is 20.6. The lowest BCUT2D eigenvalue weighted by atomic mass is 10.0. The lowest BCUT2D eigenvalue weighted by Gasteiger charge is -2.32. The zero-order chi connectivity index (χ0) is 21.0. The van der Waals surface area contributed by atoms with Gasteiger partial charge in [-0.05, 0) is 62.4 Å². The van der Waals surface area contributed by atoms with Crippen LogP contribution in [0.1, 0.15) is 36.9 Å². The van der Waals surface area contributed by atoms with Gasteiger partial charge in [-0.15, -0.1) is 0 Å². The number of likely N-dealkylation sites (tertiary alicyclic amines) is 1. The molecule has 0 aliphatic carbocycles. The van der Waals surface area contributed by atoms with Crippen LogP contribution in [0, 0.1) is 0 Å². The first-order valence-electron chi connectivity index (χ1n) is 11.2. The summed E-state index contributed by atoms with van der Waals surface area (Å²) in [6, 6.07) is 17.0. The summed E-state index contributed by atoms with van der Waals surface area (Å²) in [6.07, 6.45) is 9.46. The molecule has 0 radical (unpaired) electrons. The van der Waals surface area contributed by atoms with E-state index in [-0.39, 0.29) is 11.9 Å². The number of pyridine rings is 1. The zero-order valence-corrected chi connectivity index (χ0v) is 18.5. The maximum Gasteiger partial charge on any atom is 0.258 e. The molecule has 0 unspecified atom stereocenters. The van der Waals surface area contributed by atoms with Crippen molar-refractivity contribution in [3.8, 4) is 0 Å². The molecule has 0 bridgehead atoms. The molecule has 1 fully saturated rings. The number of aromatic nitrogens is 2. The van der Waals surface area contributed by atoms with Gasteiger partial charge in [0.05, 0.1) is 21.8 Å². The van der Waals surface area contributed by atoms with Crippen LogP contribution in [0.15, 0.2) is 64.7 Å². The first-order valence-corrected chi connectivity index (χ1v) is 12.0. The minimum atomic E-state index is 0.0377. The summed E-state index contributed by atoms with van der Waals surface area (Å²) in [5.41, 5.74) is 3.32. The van der Waals surface area contributed by atoms with E-state index in [9.17, 15) is 4.79 Å². The summed E-state index contributed by atoms with van der Waals surface area (Å²) in [5.74, 6) is 0.0377. The molecule has 2 aliphatic rings. The van der Waals surface area contributed by atoms with Crippen molar-refractivity contribution in [1.82, 2.24) is 19.6 Å². The molecule has 3 aromatic rings. The van der Waals surface area contributed by atoms with E-state index in [2.05, 4.69) is 49.9 Å². The van der Waals surface area contributed by atoms with E-state index in [1.165, 1.54) is 30.2 Å². The fourth-order valence-corrected chi connectivity index (χ4v) is 5.46. The second-order valence-corrected chi connectivity index (χ2v) is 9.45. The normalized spacial score (nSPS) is 17.0. The van der Waals surface area contributed by atoms with Crippen LogP contribution in [0.4, 0.5) is 0 Å². The average molecular weight is 433 g/mol. The monoisotopic (exact) mass is 432 g/mol. The third kappa shape index (κ3) is 4.70. The van der Waals surface area contributed by atoms with Crippen LogP contribution in [0.2, 0.25) is 0 Å². The van der Waals surface area contributed by atoms with Gasteiger partial charge in [0.1, 0.15) is 5.65 Å². The molecule has 4 heterocycles. The van der Waals surface area contributed by atoms with Crippen LogP contribution in [0.5, 0.6) is 0 Å². The highest BCUT2D eigenvalue weighted by Gasteiger charge is 2.24. The summed E-state index contributed by atoms with van der Waals surface area (Å²) < 4.78 is 2.09. The molecule has 1 saturated heterocycles. The molecule has 0 saturated carbocycles. The third-order valence-electron chi connectivity index (χ3n) is 6.19. The van der Waals surface area contributed by atoms with Gasteiger partial charge < -0.3 is 10.2 Å². The number of hydrogen-bond donors (Lipinski definition) is 1. The van der Waals surface area contributed by atoms with Gasteiger partial charge in [-0.25, -0.2) is 4.98 Å². The van der Waals surface area contributed by atoms with Gasteiger partial charge in [-0.1, -0.05) is 48.2 Å². The predicted octanol–water partition coefficient (Wildman–Crippen LogP) is 4.38. The number of rotatable bonds is 7. The van der Waals surface area contributed by atoms with Crippen LogP contribution in [0.3, 0.4) is 0 Å². The lowest BCUT2D eigenvalue weighted by molar-refractivity contribution is -0.117. The Balaban J connectivity index is 1.07. The van der Waals surface area contributed by atoms with Crippen LogP contribution in [0.25, 0.3) is 11.7 Å². The molecular formula is C25H28N4OS.